The Kier molecular flexibility index (Phi) is 5.14. The van der Waals surface area contributed by atoms with Gasteiger partial charge in [-0.15, -0.1) is 0 Å². The van der Waals surface area contributed by atoms with E-state index >= 15 is 0 Å². The van der Waals surface area contributed by atoms with E-state index < -0.39 is 5.41 Å². The number of benzene rings is 1. The lowest BCUT2D eigenvalue weighted by Crippen LogP contribution is -2.45. The fourth-order valence-corrected chi connectivity index (χ4v) is 4.36. The van der Waals surface area contributed by atoms with Gasteiger partial charge in [0.15, 0.2) is 17.2 Å². The second kappa shape index (κ2) is 8.48. The van der Waals surface area contributed by atoms with E-state index in [1.54, 1.807) is 18.3 Å². The lowest BCUT2D eigenvalue weighted by molar-refractivity contribution is -0.120. The molecular weight excluding hydrogens is 446 g/mol. The lowest BCUT2D eigenvalue weighted by Gasteiger charge is -2.31. The Morgan fingerprint density at radius 2 is 1.91 bits per heavy atom. The van der Waals surface area contributed by atoms with Crippen molar-refractivity contribution in [2.45, 2.75) is 5.41 Å². The number of hydrogen-bond acceptors (Lipinski definition) is 9. The van der Waals surface area contributed by atoms with Crippen LogP contribution in [-0.4, -0.2) is 59.5 Å². The molecule has 10 heteroatoms. The first kappa shape index (κ1) is 21.2. The zero-order valence-corrected chi connectivity index (χ0v) is 18.8. The van der Waals surface area contributed by atoms with Crippen LogP contribution in [0.2, 0.25) is 0 Å². The first-order chi connectivity index (χ1) is 17.1. The van der Waals surface area contributed by atoms with E-state index in [1.165, 1.54) is 0 Å². The van der Waals surface area contributed by atoms with E-state index in [1.807, 2.05) is 42.5 Å². The number of morpholine rings is 1. The van der Waals surface area contributed by atoms with Crippen molar-refractivity contribution in [2.75, 3.05) is 43.1 Å². The number of amides is 1. The minimum atomic E-state index is -1.26. The minimum absolute atomic E-state index is 0.0795. The van der Waals surface area contributed by atoms with Gasteiger partial charge in [-0.25, -0.2) is 15.0 Å². The number of rotatable bonds is 4. The summed E-state index contributed by atoms with van der Waals surface area (Å²) in [5.41, 5.74) is 6.93. The average molecular weight is 470 g/mol. The van der Waals surface area contributed by atoms with Gasteiger partial charge in [0.1, 0.15) is 16.8 Å². The SMILES string of the molecule is NC1=NCC(C(=O)Nc2ccccc2)(c2nc(N3CCOCC3)c3oc4ncccc4c3n2)C=C1. The highest BCUT2D eigenvalue weighted by molar-refractivity contribution is 6.07. The van der Waals surface area contributed by atoms with Gasteiger partial charge in [0.2, 0.25) is 11.6 Å². The molecule has 0 radical (unpaired) electrons. The second-order valence-corrected chi connectivity index (χ2v) is 8.47. The van der Waals surface area contributed by atoms with Gasteiger partial charge < -0.3 is 25.1 Å². The van der Waals surface area contributed by atoms with Gasteiger partial charge >= 0.3 is 0 Å². The summed E-state index contributed by atoms with van der Waals surface area (Å²) in [6.45, 7) is 2.50. The molecule has 1 atom stereocenters. The van der Waals surface area contributed by atoms with Gasteiger partial charge in [0, 0.05) is 25.0 Å². The molecule has 3 aromatic heterocycles. The Morgan fingerprint density at radius 1 is 1.09 bits per heavy atom. The summed E-state index contributed by atoms with van der Waals surface area (Å²) in [5.74, 6) is 0.975. The van der Waals surface area contributed by atoms with Crippen molar-refractivity contribution in [3.05, 3.63) is 66.6 Å². The molecule has 2 aliphatic rings. The molecule has 176 valence electrons. The fraction of sp³-hybridized carbons (Fsp3) is 0.240. The standard InChI is InChI=1S/C25H23N7O3/c26-18-8-9-25(15-28-18,24(33)29-16-5-2-1-3-6-16)23-30-19-17-7-4-10-27-22(17)35-20(19)21(31-23)32-11-13-34-14-12-32/h1-10H,11-15H2,(H2,26,28)(H,29,33). The van der Waals surface area contributed by atoms with E-state index in [-0.39, 0.29) is 12.5 Å². The third-order valence-electron chi connectivity index (χ3n) is 6.27. The van der Waals surface area contributed by atoms with Crippen LogP contribution in [0.5, 0.6) is 0 Å². The summed E-state index contributed by atoms with van der Waals surface area (Å²) in [6, 6.07) is 13.0. The van der Waals surface area contributed by atoms with Crippen LogP contribution in [0.25, 0.3) is 22.2 Å². The molecule has 35 heavy (non-hydrogen) atoms. The fourth-order valence-electron chi connectivity index (χ4n) is 4.36. The molecule has 1 unspecified atom stereocenters. The molecule has 0 aliphatic carbocycles. The van der Waals surface area contributed by atoms with Crippen LogP contribution >= 0.6 is 0 Å². The molecule has 6 rings (SSSR count). The number of nitrogens with zero attached hydrogens (tertiary/aromatic N) is 5. The van der Waals surface area contributed by atoms with Crippen LogP contribution in [0.4, 0.5) is 11.5 Å². The number of nitrogens with one attached hydrogen (secondary N) is 1. The van der Waals surface area contributed by atoms with Gasteiger partial charge in [-0.05, 0) is 30.3 Å². The smallest absolute Gasteiger partial charge is 0.244 e. The number of ether oxygens (including phenoxy) is 1. The number of nitrogens with two attached hydrogens (primary N) is 1. The molecule has 0 saturated carbocycles. The predicted molar refractivity (Wildman–Crippen MR) is 133 cm³/mol. The van der Waals surface area contributed by atoms with Crippen molar-refractivity contribution in [1.82, 2.24) is 15.0 Å². The maximum absolute atomic E-state index is 13.8. The summed E-state index contributed by atoms with van der Waals surface area (Å²) in [5, 5.41) is 3.75. The number of furan rings is 1. The Hall–Kier alpha value is -4.31. The number of pyridine rings is 1. The van der Waals surface area contributed by atoms with Gasteiger partial charge in [-0.3, -0.25) is 9.79 Å². The summed E-state index contributed by atoms with van der Waals surface area (Å²) < 4.78 is 11.6. The predicted octanol–water partition coefficient (Wildman–Crippen LogP) is 2.41. The number of fused-ring (bicyclic) bond motifs is 3. The molecule has 1 amide bonds. The Balaban J connectivity index is 1.55. The van der Waals surface area contributed by atoms with Gasteiger partial charge in [-0.2, -0.15) is 0 Å². The van der Waals surface area contributed by atoms with E-state index in [9.17, 15) is 4.79 Å². The topological polar surface area (TPSA) is 132 Å². The van der Waals surface area contributed by atoms with E-state index in [0.717, 1.165) is 5.39 Å². The van der Waals surface area contributed by atoms with Crippen LogP contribution in [0.3, 0.4) is 0 Å². The van der Waals surface area contributed by atoms with Crippen molar-refractivity contribution in [3.8, 4) is 0 Å². The summed E-state index contributed by atoms with van der Waals surface area (Å²) >= 11 is 0. The third kappa shape index (κ3) is 3.68. The van der Waals surface area contributed by atoms with Crippen molar-refractivity contribution >= 4 is 45.4 Å². The van der Waals surface area contributed by atoms with Crippen molar-refractivity contribution in [1.29, 1.82) is 0 Å². The van der Waals surface area contributed by atoms with Crippen LogP contribution in [0.15, 0.2) is 70.2 Å². The van der Waals surface area contributed by atoms with Crippen LogP contribution < -0.4 is 16.0 Å². The normalized spacial score (nSPS) is 20.2. The number of carbonyl (C=O) groups is 1. The highest BCUT2D eigenvalue weighted by atomic mass is 16.5. The highest BCUT2D eigenvalue weighted by Crippen LogP contribution is 2.36. The zero-order chi connectivity index (χ0) is 23.8. The largest absolute Gasteiger partial charge is 0.432 e. The molecule has 1 fully saturated rings. The zero-order valence-electron chi connectivity index (χ0n) is 18.8. The first-order valence-corrected chi connectivity index (χ1v) is 11.4. The maximum atomic E-state index is 13.8. The Morgan fingerprint density at radius 3 is 2.69 bits per heavy atom. The summed E-state index contributed by atoms with van der Waals surface area (Å²) in [4.78, 5) is 34.4. The first-order valence-electron chi connectivity index (χ1n) is 11.4. The number of para-hydroxylation sites is 1. The van der Waals surface area contributed by atoms with Gasteiger partial charge in [0.05, 0.1) is 25.1 Å². The molecule has 5 heterocycles. The Labute approximate surface area is 200 Å². The second-order valence-electron chi connectivity index (χ2n) is 8.47. The monoisotopic (exact) mass is 469 g/mol. The summed E-state index contributed by atoms with van der Waals surface area (Å²) in [6.07, 6.45) is 5.03. The van der Waals surface area contributed by atoms with Gasteiger partial charge in [0.25, 0.3) is 0 Å². The molecule has 2 aliphatic heterocycles. The number of amidine groups is 1. The lowest BCUT2D eigenvalue weighted by atomic mass is 9.83. The number of hydrogen-bond donors (Lipinski definition) is 2. The molecule has 0 bridgehead atoms. The molecule has 1 aromatic carbocycles. The molecular formula is C25H23N7O3. The van der Waals surface area contributed by atoms with E-state index in [2.05, 4.69) is 20.2 Å². The summed E-state index contributed by atoms with van der Waals surface area (Å²) in [7, 11) is 0. The van der Waals surface area contributed by atoms with Crippen molar-refractivity contribution in [3.63, 3.8) is 0 Å². The quantitative estimate of drug-likeness (QED) is 0.466. The molecule has 3 N–H and O–H groups in total. The van der Waals surface area contributed by atoms with Crippen molar-refractivity contribution < 1.29 is 13.9 Å². The van der Waals surface area contributed by atoms with Crippen LogP contribution in [0, 0.1) is 0 Å². The Bertz CT molecular complexity index is 1470. The number of anilines is 2. The van der Waals surface area contributed by atoms with Gasteiger partial charge in [-0.1, -0.05) is 24.3 Å². The average Bonchev–Trinajstić information content (AvgIpc) is 3.28. The number of dihydropyridines is 1. The third-order valence-corrected chi connectivity index (χ3v) is 6.27. The number of carbonyl (C=O) groups excluding carboxylic acids is 1. The molecule has 10 nitrogen and oxygen atoms in total. The number of aliphatic imine (C=N–C) groups is 1. The van der Waals surface area contributed by atoms with Crippen molar-refractivity contribution in [2.24, 2.45) is 10.7 Å². The van der Waals surface area contributed by atoms with Crippen LogP contribution in [-0.2, 0) is 14.9 Å². The molecule has 1 saturated heterocycles. The molecule has 4 aromatic rings. The highest BCUT2D eigenvalue weighted by Gasteiger charge is 2.43. The molecule has 0 spiro atoms. The van der Waals surface area contributed by atoms with Crippen LogP contribution in [0.1, 0.15) is 5.82 Å². The maximum Gasteiger partial charge on any atom is 0.244 e. The van der Waals surface area contributed by atoms with E-state index in [4.69, 9.17) is 24.9 Å². The number of aromatic nitrogens is 3. The van der Waals surface area contributed by atoms with E-state index in [0.29, 0.717) is 66.3 Å². The minimum Gasteiger partial charge on any atom is -0.432 e.